The van der Waals surface area contributed by atoms with Gasteiger partial charge < -0.3 is 4.74 Å². The predicted octanol–water partition coefficient (Wildman–Crippen LogP) is 7.97. The normalized spacial score (nSPS) is 15.3. The van der Waals surface area contributed by atoms with Crippen molar-refractivity contribution < 1.29 is 4.74 Å². The summed E-state index contributed by atoms with van der Waals surface area (Å²) in [5.74, 6) is 9.15. The molecule has 0 atom stereocenters. The van der Waals surface area contributed by atoms with Gasteiger partial charge in [0.15, 0.2) is 0 Å². The lowest BCUT2D eigenvalue weighted by Crippen LogP contribution is -2.18. The fourth-order valence-corrected chi connectivity index (χ4v) is 6.63. The van der Waals surface area contributed by atoms with Crippen molar-refractivity contribution in [2.75, 3.05) is 0 Å². The first kappa shape index (κ1) is 25.5. The Bertz CT molecular complexity index is 2490. The molecule has 4 heteroatoms. The van der Waals surface area contributed by atoms with Gasteiger partial charge in [0.1, 0.15) is 17.3 Å². The molecule has 0 saturated carbocycles. The average Bonchev–Trinajstić information content (AvgIpc) is 3.17. The number of fused-ring (bicyclic) bond motifs is 3. The Balaban J connectivity index is 1.53. The van der Waals surface area contributed by atoms with Crippen LogP contribution in [0.3, 0.4) is 0 Å². The summed E-state index contributed by atoms with van der Waals surface area (Å²) in [4.78, 5) is 5.14. The van der Waals surface area contributed by atoms with Crippen molar-refractivity contribution in [2.24, 2.45) is 0 Å². The molecule has 204 valence electrons. The standard InChI is InChI=1S/C39H26N2OS/c1-25(26-13-4-2-3-5-14-26)27-15-6-7-17-29(27)37-30-18-8-10-20-33(30)41(34(37)24-43)39-31-19-12-22-36-38(31)32(23-40-39)28-16-9-11-21-35(28)42-36/h2,4,6-13,15-24,43H,3H2,1H3/b27-25+,34-24-,37-29-. The van der Waals surface area contributed by atoms with E-state index >= 15 is 0 Å². The summed E-state index contributed by atoms with van der Waals surface area (Å²) in [7, 11) is 0. The highest BCUT2D eigenvalue weighted by atomic mass is 32.1. The van der Waals surface area contributed by atoms with E-state index in [0.717, 1.165) is 88.7 Å². The second-order valence-corrected chi connectivity index (χ2v) is 11.0. The van der Waals surface area contributed by atoms with E-state index in [-0.39, 0.29) is 0 Å². The molecule has 0 amide bonds. The van der Waals surface area contributed by atoms with Crippen molar-refractivity contribution in [3.8, 4) is 40.3 Å². The number of nitrogens with zero attached hydrogens (tertiary/aromatic N) is 2. The van der Waals surface area contributed by atoms with E-state index in [2.05, 4.69) is 102 Å². The van der Waals surface area contributed by atoms with Crippen LogP contribution in [0.15, 0.2) is 121 Å². The zero-order chi connectivity index (χ0) is 28.9. The number of hydrogen-bond acceptors (Lipinski definition) is 3. The van der Waals surface area contributed by atoms with E-state index in [0.29, 0.717) is 0 Å². The molecule has 3 nitrogen and oxygen atoms in total. The molecule has 3 heterocycles. The molecule has 2 aliphatic rings. The minimum atomic E-state index is 0.763. The minimum Gasteiger partial charge on any atom is -0.456 e. The largest absolute Gasteiger partial charge is 0.456 e. The SMILES string of the molecule is C/C(C1=CC=CCC#C1)=c1/cccc/c1=c1/c(=C/S)n(-c2ncc3c4c(cccc24)Oc2ccccc2-3)c2ccccc12. The Morgan fingerprint density at radius 3 is 2.60 bits per heavy atom. The second kappa shape index (κ2) is 10.2. The number of allylic oxidation sites excluding steroid dienone is 4. The number of para-hydroxylation sites is 2. The molecule has 4 aromatic carbocycles. The molecular weight excluding hydrogens is 545 g/mol. The van der Waals surface area contributed by atoms with Crippen LogP contribution >= 0.6 is 12.6 Å². The predicted molar refractivity (Wildman–Crippen MR) is 180 cm³/mol. The van der Waals surface area contributed by atoms with Crippen molar-refractivity contribution in [2.45, 2.75) is 13.3 Å². The summed E-state index contributed by atoms with van der Waals surface area (Å²) in [5.41, 5.74) is 5.37. The number of ether oxygens (including phenoxy) is 1. The molecule has 6 aromatic rings. The van der Waals surface area contributed by atoms with Gasteiger partial charge in [0, 0.05) is 50.7 Å². The van der Waals surface area contributed by atoms with E-state index < -0.39 is 0 Å². The van der Waals surface area contributed by atoms with Crippen LogP contribution in [0.25, 0.3) is 49.6 Å². The third-order valence-electron chi connectivity index (χ3n) is 8.34. The van der Waals surface area contributed by atoms with E-state index in [1.54, 1.807) is 0 Å². The average molecular weight is 571 g/mol. The Hall–Kier alpha value is -5.24. The van der Waals surface area contributed by atoms with E-state index in [1.807, 2.05) is 41.9 Å². The van der Waals surface area contributed by atoms with E-state index in [1.165, 1.54) is 0 Å². The van der Waals surface area contributed by atoms with Gasteiger partial charge in [0.2, 0.25) is 0 Å². The van der Waals surface area contributed by atoms with Gasteiger partial charge >= 0.3 is 0 Å². The number of pyridine rings is 1. The third kappa shape index (κ3) is 3.97. The number of thiol groups is 1. The number of benzene rings is 4. The van der Waals surface area contributed by atoms with Crippen LogP contribution in [0, 0.1) is 22.3 Å². The molecule has 0 saturated heterocycles. The molecule has 0 spiro atoms. The number of aromatic nitrogens is 2. The number of rotatable bonds is 2. The maximum absolute atomic E-state index is 6.38. The van der Waals surface area contributed by atoms with Crippen LogP contribution in [0.5, 0.6) is 11.5 Å². The summed E-state index contributed by atoms with van der Waals surface area (Å²) in [5, 5.41) is 9.48. The van der Waals surface area contributed by atoms with Crippen LogP contribution in [0.4, 0.5) is 0 Å². The summed E-state index contributed by atoms with van der Waals surface area (Å²) < 4.78 is 8.62. The Kier molecular flexibility index (Phi) is 6.06. The Labute approximate surface area is 254 Å². The molecule has 43 heavy (non-hydrogen) atoms. The van der Waals surface area contributed by atoms with Crippen molar-refractivity contribution in [3.05, 3.63) is 142 Å². The summed E-state index contributed by atoms with van der Waals surface area (Å²) in [6, 6.07) is 31.5. The minimum absolute atomic E-state index is 0.763. The van der Waals surface area contributed by atoms with Crippen LogP contribution in [0.1, 0.15) is 13.3 Å². The van der Waals surface area contributed by atoms with Gasteiger partial charge in [0.05, 0.1) is 10.9 Å². The highest BCUT2D eigenvalue weighted by Gasteiger charge is 2.23. The van der Waals surface area contributed by atoms with E-state index in [4.69, 9.17) is 22.3 Å². The lowest BCUT2D eigenvalue weighted by atomic mass is 9.96. The number of hydrogen-bond donors (Lipinski definition) is 1. The molecule has 2 aromatic heterocycles. The molecular formula is C39H26N2OS. The molecule has 0 fully saturated rings. The quantitative estimate of drug-likeness (QED) is 0.169. The fourth-order valence-electron chi connectivity index (χ4n) is 6.38. The van der Waals surface area contributed by atoms with Crippen molar-refractivity contribution in [1.29, 1.82) is 0 Å². The van der Waals surface area contributed by atoms with Crippen LogP contribution in [-0.4, -0.2) is 9.55 Å². The first-order valence-electron chi connectivity index (χ1n) is 14.3. The molecule has 0 bridgehead atoms. The summed E-state index contributed by atoms with van der Waals surface area (Å²) in [6.45, 7) is 2.16. The monoisotopic (exact) mass is 570 g/mol. The molecule has 1 aliphatic carbocycles. The Morgan fingerprint density at radius 1 is 0.884 bits per heavy atom. The highest BCUT2D eigenvalue weighted by Crippen LogP contribution is 2.46. The van der Waals surface area contributed by atoms with Gasteiger partial charge in [0.25, 0.3) is 0 Å². The molecule has 0 radical (unpaired) electrons. The van der Waals surface area contributed by atoms with Gasteiger partial charge in [-0.15, -0.1) is 12.6 Å². The lowest BCUT2D eigenvalue weighted by Gasteiger charge is -2.22. The first-order chi connectivity index (χ1) is 21.2. The molecule has 0 unspecified atom stereocenters. The van der Waals surface area contributed by atoms with Gasteiger partial charge in [-0.2, -0.15) is 0 Å². The van der Waals surface area contributed by atoms with Crippen LogP contribution < -0.4 is 15.3 Å². The van der Waals surface area contributed by atoms with Crippen molar-refractivity contribution in [1.82, 2.24) is 9.55 Å². The Morgan fingerprint density at radius 2 is 1.67 bits per heavy atom. The summed E-state index contributed by atoms with van der Waals surface area (Å²) in [6.07, 6.45) is 9.03. The van der Waals surface area contributed by atoms with Crippen molar-refractivity contribution in [3.63, 3.8) is 0 Å². The smallest absolute Gasteiger partial charge is 0.145 e. The zero-order valence-corrected chi connectivity index (χ0v) is 24.4. The van der Waals surface area contributed by atoms with Gasteiger partial charge in [-0.25, -0.2) is 4.98 Å². The van der Waals surface area contributed by atoms with Crippen LogP contribution in [0.2, 0.25) is 0 Å². The molecule has 8 rings (SSSR count). The van der Waals surface area contributed by atoms with Crippen LogP contribution in [-0.2, 0) is 0 Å². The highest BCUT2D eigenvalue weighted by molar-refractivity contribution is 7.88. The molecule has 0 N–H and O–H groups in total. The summed E-state index contributed by atoms with van der Waals surface area (Å²) >= 11 is 4.82. The van der Waals surface area contributed by atoms with Gasteiger partial charge in [-0.3, -0.25) is 4.57 Å². The molecule has 1 aliphatic heterocycles. The van der Waals surface area contributed by atoms with Gasteiger partial charge in [-0.05, 0) is 52.6 Å². The third-order valence-corrected chi connectivity index (χ3v) is 8.59. The second-order valence-electron chi connectivity index (χ2n) is 10.7. The zero-order valence-electron chi connectivity index (χ0n) is 23.5. The van der Waals surface area contributed by atoms with Gasteiger partial charge in [-0.1, -0.05) is 96.8 Å². The maximum atomic E-state index is 6.38. The topological polar surface area (TPSA) is 27.1 Å². The lowest BCUT2D eigenvalue weighted by molar-refractivity contribution is 0.487. The maximum Gasteiger partial charge on any atom is 0.145 e. The first-order valence-corrected chi connectivity index (χ1v) is 14.9. The fraction of sp³-hybridized carbons (Fsp3) is 0.0513. The van der Waals surface area contributed by atoms with Crippen molar-refractivity contribution >= 4 is 45.3 Å². The van der Waals surface area contributed by atoms with E-state index in [9.17, 15) is 0 Å².